The number of carbonyl (C=O) groups is 1. The predicted molar refractivity (Wildman–Crippen MR) is 129 cm³/mol. The van der Waals surface area contributed by atoms with Crippen molar-refractivity contribution in [3.63, 3.8) is 0 Å². The average molecular weight is 534 g/mol. The van der Waals surface area contributed by atoms with Crippen LogP contribution in [0.15, 0.2) is 52.3 Å². The number of nitrogens with zero attached hydrogens (tertiary/aromatic N) is 1. The van der Waals surface area contributed by atoms with Crippen molar-refractivity contribution in [3.05, 3.63) is 53.6 Å². The van der Waals surface area contributed by atoms with Gasteiger partial charge in [-0.15, -0.1) is 24.9 Å². The number of hydrogen-bond acceptors (Lipinski definition) is 5. The molecule has 0 aliphatic rings. The van der Waals surface area contributed by atoms with Gasteiger partial charge in [-0.1, -0.05) is 19.9 Å². The van der Waals surface area contributed by atoms with Crippen LogP contribution in [0.1, 0.15) is 44.2 Å². The van der Waals surface area contributed by atoms with Crippen LogP contribution in [0.2, 0.25) is 0 Å². The van der Waals surface area contributed by atoms with Crippen LogP contribution in [0.4, 0.5) is 13.2 Å². The van der Waals surface area contributed by atoms with E-state index in [1.165, 1.54) is 4.31 Å². The predicted octanol–water partition coefficient (Wildman–Crippen LogP) is 5.88. The molecular weight excluding hydrogens is 503 g/mol. The lowest BCUT2D eigenvalue weighted by molar-refractivity contribution is -0.274. The Kier molecular flexibility index (Phi) is 10.5. The molecule has 6 nitrogen and oxygen atoms in total. The van der Waals surface area contributed by atoms with Crippen molar-refractivity contribution >= 4 is 27.8 Å². The number of carboxylic acid groups (broad SMARTS) is 1. The first-order valence-corrected chi connectivity index (χ1v) is 13.5. The van der Waals surface area contributed by atoms with Crippen molar-refractivity contribution in [3.8, 4) is 5.75 Å². The molecule has 194 valence electrons. The second-order valence-corrected chi connectivity index (χ2v) is 11.3. The number of hydrogen-bond donors (Lipinski definition) is 1. The molecule has 1 atom stereocenters. The largest absolute Gasteiger partial charge is 0.573 e. The van der Waals surface area contributed by atoms with E-state index in [4.69, 9.17) is 5.11 Å². The maximum absolute atomic E-state index is 13.3. The Balaban J connectivity index is 2.16. The van der Waals surface area contributed by atoms with E-state index in [0.29, 0.717) is 19.3 Å². The number of aryl methyl sites for hydroxylation is 2. The number of sulfonamides is 1. The van der Waals surface area contributed by atoms with Crippen LogP contribution in [-0.2, 0) is 21.2 Å². The number of thioether (sulfide) groups is 1. The number of rotatable bonds is 13. The summed E-state index contributed by atoms with van der Waals surface area (Å²) in [6, 6.07) is 10.0. The zero-order valence-corrected chi connectivity index (χ0v) is 21.5. The van der Waals surface area contributed by atoms with Crippen molar-refractivity contribution in [2.24, 2.45) is 0 Å². The molecule has 0 heterocycles. The molecule has 2 aromatic rings. The normalized spacial score (nSPS) is 13.1. The zero-order valence-electron chi connectivity index (χ0n) is 19.8. The summed E-state index contributed by atoms with van der Waals surface area (Å²) in [6.45, 7) is 6.25. The first-order valence-electron chi connectivity index (χ1n) is 11.2. The Morgan fingerprint density at radius 3 is 2.31 bits per heavy atom. The molecule has 0 unspecified atom stereocenters. The van der Waals surface area contributed by atoms with Crippen molar-refractivity contribution < 1.29 is 36.2 Å². The van der Waals surface area contributed by atoms with Gasteiger partial charge in [-0.05, 0) is 73.7 Å². The Morgan fingerprint density at radius 1 is 1.14 bits per heavy atom. The third-order valence-corrected chi connectivity index (χ3v) is 8.48. The quantitative estimate of drug-likeness (QED) is 0.324. The summed E-state index contributed by atoms with van der Waals surface area (Å²) in [5, 5.41) is 8.83. The molecule has 2 aromatic carbocycles. The van der Waals surface area contributed by atoms with E-state index in [2.05, 4.69) is 4.74 Å². The second kappa shape index (κ2) is 12.6. The maximum atomic E-state index is 13.3. The van der Waals surface area contributed by atoms with Crippen LogP contribution in [0.3, 0.4) is 0 Å². The van der Waals surface area contributed by atoms with Crippen molar-refractivity contribution in [1.82, 2.24) is 4.31 Å². The van der Waals surface area contributed by atoms with E-state index in [9.17, 15) is 26.4 Å². The lowest BCUT2D eigenvalue weighted by Gasteiger charge is -2.26. The molecule has 0 bridgehead atoms. The summed E-state index contributed by atoms with van der Waals surface area (Å²) in [5.41, 5.74) is 1.93. The third-order valence-electron chi connectivity index (χ3n) is 5.26. The van der Waals surface area contributed by atoms with Crippen LogP contribution in [-0.4, -0.2) is 48.5 Å². The molecule has 2 rings (SSSR count). The fraction of sp³-hybridized carbons (Fsp3) is 0.458. The Morgan fingerprint density at radius 2 is 1.80 bits per heavy atom. The maximum Gasteiger partial charge on any atom is 0.573 e. The molecule has 0 aliphatic carbocycles. The van der Waals surface area contributed by atoms with Gasteiger partial charge in [0.15, 0.2) is 0 Å². The van der Waals surface area contributed by atoms with Crippen LogP contribution >= 0.6 is 11.8 Å². The number of aliphatic carboxylic acids is 1. The lowest BCUT2D eigenvalue weighted by atomic mass is 10.0. The number of carboxylic acids is 1. The van der Waals surface area contributed by atoms with Gasteiger partial charge in [-0.3, -0.25) is 4.79 Å². The van der Waals surface area contributed by atoms with Crippen LogP contribution < -0.4 is 4.74 Å². The van der Waals surface area contributed by atoms with Crippen molar-refractivity contribution in [1.29, 1.82) is 0 Å². The molecule has 35 heavy (non-hydrogen) atoms. The average Bonchev–Trinajstić information content (AvgIpc) is 2.76. The molecule has 0 saturated heterocycles. The number of ether oxygens (including phenoxy) is 1. The van der Waals surface area contributed by atoms with E-state index in [0.717, 1.165) is 40.3 Å². The molecule has 11 heteroatoms. The Bertz CT molecular complexity index is 1090. The van der Waals surface area contributed by atoms with E-state index in [1.54, 1.807) is 11.8 Å². The second-order valence-electron chi connectivity index (χ2n) is 8.01. The molecule has 0 aromatic heterocycles. The first kappa shape index (κ1) is 29.0. The van der Waals surface area contributed by atoms with Gasteiger partial charge in [-0.25, -0.2) is 8.42 Å². The SMILES string of the molecule is CCCN(C[C@@H](CC)Sc1ccc(CCC(=O)O)c(C)c1)S(=O)(=O)c1ccc(OC(F)(F)F)cc1. The van der Waals surface area contributed by atoms with Gasteiger partial charge in [0.25, 0.3) is 0 Å². The van der Waals surface area contributed by atoms with E-state index in [1.807, 2.05) is 39.0 Å². The van der Waals surface area contributed by atoms with Crippen LogP contribution in [0, 0.1) is 6.92 Å². The molecule has 0 amide bonds. The first-order chi connectivity index (χ1) is 16.4. The highest BCUT2D eigenvalue weighted by Crippen LogP contribution is 2.30. The molecule has 0 fully saturated rings. The highest BCUT2D eigenvalue weighted by atomic mass is 32.2. The molecule has 0 saturated carbocycles. The Labute approximate surface area is 208 Å². The number of alkyl halides is 3. The number of halogens is 3. The minimum atomic E-state index is -4.85. The molecule has 0 radical (unpaired) electrons. The fourth-order valence-electron chi connectivity index (χ4n) is 3.45. The van der Waals surface area contributed by atoms with Gasteiger partial charge in [0.2, 0.25) is 10.0 Å². The van der Waals surface area contributed by atoms with E-state index >= 15 is 0 Å². The molecule has 1 N–H and O–H groups in total. The summed E-state index contributed by atoms with van der Waals surface area (Å²) in [5.74, 6) is -1.34. The van der Waals surface area contributed by atoms with Gasteiger partial charge in [0, 0.05) is 29.7 Å². The smallest absolute Gasteiger partial charge is 0.481 e. The minimum absolute atomic E-state index is 0.0536. The summed E-state index contributed by atoms with van der Waals surface area (Å²) in [4.78, 5) is 11.7. The lowest BCUT2D eigenvalue weighted by Crippen LogP contribution is -2.37. The van der Waals surface area contributed by atoms with Crippen molar-refractivity contribution in [2.45, 2.75) is 67.9 Å². The topological polar surface area (TPSA) is 83.9 Å². The summed E-state index contributed by atoms with van der Waals surface area (Å²) >= 11 is 1.54. The van der Waals surface area contributed by atoms with Gasteiger partial charge in [0.05, 0.1) is 4.90 Å². The van der Waals surface area contributed by atoms with E-state index in [-0.39, 0.29) is 29.7 Å². The van der Waals surface area contributed by atoms with Crippen LogP contribution in [0.5, 0.6) is 5.75 Å². The van der Waals surface area contributed by atoms with E-state index < -0.39 is 28.1 Å². The minimum Gasteiger partial charge on any atom is -0.481 e. The van der Waals surface area contributed by atoms with Crippen LogP contribution in [0.25, 0.3) is 0 Å². The standard InChI is InChI=1S/C24H30F3NO5S2/c1-4-14-28(35(31,32)22-11-8-19(9-12-22)33-24(25,26)27)16-20(5-2)34-21-10-6-18(17(3)15-21)7-13-23(29)30/h6,8-12,15,20H,4-5,7,13-14,16H2,1-3H3,(H,29,30)/t20-/m1/s1. The van der Waals surface area contributed by atoms with Gasteiger partial charge in [-0.2, -0.15) is 4.31 Å². The summed E-state index contributed by atoms with van der Waals surface area (Å²) in [6.07, 6.45) is -3.09. The van der Waals surface area contributed by atoms with Gasteiger partial charge in [0.1, 0.15) is 5.75 Å². The summed E-state index contributed by atoms with van der Waals surface area (Å²) in [7, 11) is -3.92. The monoisotopic (exact) mass is 533 g/mol. The highest BCUT2D eigenvalue weighted by molar-refractivity contribution is 8.00. The van der Waals surface area contributed by atoms with Gasteiger partial charge >= 0.3 is 12.3 Å². The van der Waals surface area contributed by atoms with Gasteiger partial charge < -0.3 is 9.84 Å². The Hall–Kier alpha value is -2.24. The van der Waals surface area contributed by atoms with Crippen molar-refractivity contribution in [2.75, 3.05) is 13.1 Å². The molecule has 0 aliphatic heterocycles. The third kappa shape index (κ3) is 9.05. The highest BCUT2D eigenvalue weighted by Gasteiger charge is 2.32. The molecular formula is C24H30F3NO5S2. The zero-order chi connectivity index (χ0) is 26.2. The summed E-state index contributed by atoms with van der Waals surface area (Å²) < 4.78 is 68.9. The number of benzene rings is 2. The fourth-order valence-corrected chi connectivity index (χ4v) is 6.32. The molecule has 0 spiro atoms.